The van der Waals surface area contributed by atoms with Gasteiger partial charge >= 0.3 is 0 Å². The van der Waals surface area contributed by atoms with E-state index in [2.05, 4.69) is 98.1 Å². The average molecular weight is 466 g/mol. The van der Waals surface area contributed by atoms with Crippen molar-refractivity contribution in [2.24, 2.45) is 0 Å². The molecule has 35 heavy (non-hydrogen) atoms. The van der Waals surface area contributed by atoms with Gasteiger partial charge in [0.15, 0.2) is 0 Å². The lowest BCUT2D eigenvalue weighted by Gasteiger charge is -2.23. The maximum atomic E-state index is 6.00. The van der Waals surface area contributed by atoms with E-state index in [0.717, 1.165) is 12.2 Å². The molecule has 0 aliphatic heterocycles. The molecule has 0 radical (unpaired) electrons. The highest BCUT2D eigenvalue weighted by molar-refractivity contribution is 5.62. The van der Waals surface area contributed by atoms with E-state index < -0.39 is 0 Å². The van der Waals surface area contributed by atoms with Gasteiger partial charge in [-0.15, -0.1) is 0 Å². The molecule has 1 aromatic heterocycles. The maximum absolute atomic E-state index is 6.00. The molecule has 0 saturated carbocycles. The van der Waals surface area contributed by atoms with Crippen molar-refractivity contribution in [3.63, 3.8) is 0 Å². The Morgan fingerprint density at radius 3 is 2.14 bits per heavy atom. The summed E-state index contributed by atoms with van der Waals surface area (Å²) in [4.78, 5) is 0. The lowest BCUT2D eigenvalue weighted by atomic mass is 9.99. The fraction of sp³-hybridized carbons (Fsp3) is 0.333. The van der Waals surface area contributed by atoms with Gasteiger partial charge in [-0.25, -0.2) is 0 Å². The van der Waals surface area contributed by atoms with Gasteiger partial charge in [-0.3, -0.25) is 0 Å². The number of benzene rings is 3. The molecule has 0 aliphatic carbocycles. The van der Waals surface area contributed by atoms with E-state index in [-0.39, 0.29) is 0 Å². The monoisotopic (exact) mass is 465 g/mol. The SMILES string of the molecule is CCCCCCc1ccc(C(CC)n2c(C)ccc2-c2ccc(OCc3ccccc3)cc2)cc1. The van der Waals surface area contributed by atoms with Crippen molar-refractivity contribution in [1.82, 2.24) is 4.57 Å². The normalized spacial score (nSPS) is 12.0. The summed E-state index contributed by atoms with van der Waals surface area (Å²) in [5.74, 6) is 0.897. The summed E-state index contributed by atoms with van der Waals surface area (Å²) in [6, 6.07) is 33.0. The smallest absolute Gasteiger partial charge is 0.119 e. The molecule has 4 aromatic rings. The molecule has 0 N–H and O–H groups in total. The molecule has 0 fully saturated rings. The van der Waals surface area contributed by atoms with Crippen molar-refractivity contribution in [1.29, 1.82) is 0 Å². The summed E-state index contributed by atoms with van der Waals surface area (Å²) in [7, 11) is 0. The highest BCUT2D eigenvalue weighted by atomic mass is 16.5. The predicted molar refractivity (Wildman–Crippen MR) is 148 cm³/mol. The topological polar surface area (TPSA) is 14.2 Å². The van der Waals surface area contributed by atoms with Crippen LogP contribution in [0.5, 0.6) is 5.75 Å². The van der Waals surface area contributed by atoms with Gasteiger partial charge in [-0.1, -0.05) is 87.7 Å². The molecule has 3 aromatic carbocycles. The van der Waals surface area contributed by atoms with Crippen LogP contribution < -0.4 is 4.74 Å². The van der Waals surface area contributed by atoms with Gasteiger partial charge in [0.05, 0.1) is 6.04 Å². The third-order valence-electron chi connectivity index (χ3n) is 6.90. The number of unbranched alkanes of at least 4 members (excludes halogenated alkanes) is 3. The zero-order valence-electron chi connectivity index (χ0n) is 21.5. The molecule has 2 nitrogen and oxygen atoms in total. The third-order valence-corrected chi connectivity index (χ3v) is 6.90. The molecule has 0 spiro atoms. The zero-order valence-corrected chi connectivity index (χ0v) is 21.5. The Morgan fingerprint density at radius 2 is 1.46 bits per heavy atom. The largest absolute Gasteiger partial charge is 0.489 e. The van der Waals surface area contributed by atoms with Crippen molar-refractivity contribution in [2.45, 2.75) is 71.9 Å². The summed E-state index contributed by atoms with van der Waals surface area (Å²) < 4.78 is 8.50. The summed E-state index contributed by atoms with van der Waals surface area (Å²) in [5, 5.41) is 0. The van der Waals surface area contributed by atoms with Crippen molar-refractivity contribution in [2.75, 3.05) is 0 Å². The Hall–Kier alpha value is -3.26. The Balaban J connectivity index is 1.48. The molecule has 1 unspecified atom stereocenters. The van der Waals surface area contributed by atoms with Crippen molar-refractivity contribution >= 4 is 0 Å². The van der Waals surface area contributed by atoms with E-state index in [1.807, 2.05) is 18.2 Å². The maximum Gasteiger partial charge on any atom is 0.119 e. The van der Waals surface area contributed by atoms with Gasteiger partial charge in [-0.2, -0.15) is 0 Å². The number of aryl methyl sites for hydroxylation is 2. The van der Waals surface area contributed by atoms with Gasteiger partial charge < -0.3 is 9.30 Å². The highest BCUT2D eigenvalue weighted by Crippen LogP contribution is 2.33. The van der Waals surface area contributed by atoms with Crippen LogP contribution in [-0.2, 0) is 13.0 Å². The van der Waals surface area contributed by atoms with Crippen LogP contribution in [0, 0.1) is 6.92 Å². The van der Waals surface area contributed by atoms with Gasteiger partial charge in [0.1, 0.15) is 12.4 Å². The number of hydrogen-bond donors (Lipinski definition) is 0. The second-order valence-corrected chi connectivity index (χ2v) is 9.50. The summed E-state index contributed by atoms with van der Waals surface area (Å²) >= 11 is 0. The number of aromatic nitrogens is 1. The summed E-state index contributed by atoms with van der Waals surface area (Å²) in [6.07, 6.45) is 7.49. The lowest BCUT2D eigenvalue weighted by Crippen LogP contribution is -2.12. The minimum absolute atomic E-state index is 0.322. The van der Waals surface area contributed by atoms with E-state index in [1.165, 1.54) is 65.7 Å². The van der Waals surface area contributed by atoms with Crippen LogP contribution >= 0.6 is 0 Å². The van der Waals surface area contributed by atoms with Crippen molar-refractivity contribution < 1.29 is 4.74 Å². The molecule has 0 bridgehead atoms. The van der Waals surface area contributed by atoms with Gasteiger partial charge in [0.25, 0.3) is 0 Å². The van der Waals surface area contributed by atoms with Crippen LogP contribution in [0.1, 0.15) is 74.4 Å². The third kappa shape index (κ3) is 6.45. The van der Waals surface area contributed by atoms with Gasteiger partial charge in [0, 0.05) is 11.4 Å². The molecule has 1 atom stereocenters. The number of rotatable bonds is 12. The first kappa shape index (κ1) is 24.9. The second kappa shape index (κ2) is 12.4. The second-order valence-electron chi connectivity index (χ2n) is 9.50. The molecule has 2 heteroatoms. The average Bonchev–Trinajstić information content (AvgIpc) is 3.28. The number of hydrogen-bond acceptors (Lipinski definition) is 1. The molecule has 182 valence electrons. The van der Waals surface area contributed by atoms with Gasteiger partial charge in [-0.05, 0) is 84.8 Å². The van der Waals surface area contributed by atoms with Crippen molar-refractivity contribution in [3.05, 3.63) is 113 Å². The first-order valence-electron chi connectivity index (χ1n) is 13.2. The standard InChI is InChI=1S/C33H39NO/c1-4-6-7-9-12-27-16-18-29(19-17-27)32(5-2)34-26(3)15-24-33(34)30-20-22-31(23-21-30)35-25-28-13-10-8-11-14-28/h8,10-11,13-24,32H,4-7,9,12,25H2,1-3H3. The molecular formula is C33H39NO. The minimum atomic E-state index is 0.322. The summed E-state index contributed by atoms with van der Waals surface area (Å²) in [5.41, 5.74) is 7.78. The fourth-order valence-corrected chi connectivity index (χ4v) is 4.89. The number of nitrogens with zero attached hydrogens (tertiary/aromatic N) is 1. The van der Waals surface area contributed by atoms with E-state index >= 15 is 0 Å². The minimum Gasteiger partial charge on any atom is -0.489 e. The van der Waals surface area contributed by atoms with Crippen LogP contribution in [0.25, 0.3) is 11.3 Å². The van der Waals surface area contributed by atoms with Crippen LogP contribution in [-0.4, -0.2) is 4.57 Å². The molecule has 0 aliphatic rings. The van der Waals surface area contributed by atoms with E-state index in [1.54, 1.807) is 0 Å². The fourth-order valence-electron chi connectivity index (χ4n) is 4.89. The van der Waals surface area contributed by atoms with Crippen LogP contribution in [0.15, 0.2) is 91.0 Å². The Morgan fingerprint density at radius 1 is 0.714 bits per heavy atom. The molecule has 4 rings (SSSR count). The van der Waals surface area contributed by atoms with Crippen LogP contribution in [0.4, 0.5) is 0 Å². The number of ether oxygens (including phenoxy) is 1. The molecule has 1 heterocycles. The highest BCUT2D eigenvalue weighted by Gasteiger charge is 2.18. The molecule has 0 saturated heterocycles. The predicted octanol–water partition coefficient (Wildman–Crippen LogP) is 9.16. The quantitative estimate of drug-likeness (QED) is 0.190. The van der Waals surface area contributed by atoms with Crippen molar-refractivity contribution in [3.8, 4) is 17.0 Å². The lowest BCUT2D eigenvalue weighted by molar-refractivity contribution is 0.306. The van der Waals surface area contributed by atoms with Gasteiger partial charge in [0.2, 0.25) is 0 Å². The van der Waals surface area contributed by atoms with E-state index in [0.29, 0.717) is 12.6 Å². The summed E-state index contributed by atoms with van der Waals surface area (Å²) in [6.45, 7) is 7.35. The van der Waals surface area contributed by atoms with E-state index in [9.17, 15) is 0 Å². The van der Waals surface area contributed by atoms with E-state index in [4.69, 9.17) is 4.74 Å². The molecule has 0 amide bonds. The zero-order chi connectivity index (χ0) is 24.5. The van der Waals surface area contributed by atoms with Crippen LogP contribution in [0.3, 0.4) is 0 Å². The van der Waals surface area contributed by atoms with Crippen LogP contribution in [0.2, 0.25) is 0 Å². The first-order chi connectivity index (χ1) is 17.2. The molecular weight excluding hydrogens is 426 g/mol. The Kier molecular flexibility index (Phi) is 8.84. The first-order valence-corrected chi connectivity index (χ1v) is 13.2. The Labute approximate surface area is 211 Å². The Bertz CT molecular complexity index is 1160.